The molecule has 18 heavy (non-hydrogen) atoms. The fraction of sp³-hybridized carbons (Fsp3) is 0.0769. The maximum atomic E-state index is 13.9. The topological polar surface area (TPSA) is 68.0 Å². The third-order valence-electron chi connectivity index (χ3n) is 2.44. The zero-order chi connectivity index (χ0) is 13.0. The largest absolute Gasteiger partial charge is 0.383 e. The second kappa shape index (κ2) is 5.27. The number of carbonyl (C=O) groups is 1. The monoisotopic (exact) mass is 245 g/mol. The molecule has 0 fully saturated rings. The first-order valence-corrected chi connectivity index (χ1v) is 5.39. The van der Waals surface area contributed by atoms with Crippen LogP contribution in [0.25, 0.3) is 0 Å². The molecule has 2 rings (SSSR count). The number of nitrogens with two attached hydrogens (primary N) is 1. The molecule has 92 valence electrons. The number of benzene rings is 1. The molecule has 1 amide bonds. The first-order chi connectivity index (χ1) is 8.68. The van der Waals surface area contributed by atoms with Crippen molar-refractivity contribution in [3.8, 4) is 0 Å². The number of amides is 1. The number of nitrogen functional groups attached to an aromatic ring is 1. The van der Waals surface area contributed by atoms with Gasteiger partial charge in [0.15, 0.2) is 0 Å². The fourth-order valence-corrected chi connectivity index (χ4v) is 1.51. The van der Waals surface area contributed by atoms with Crippen molar-refractivity contribution in [2.75, 3.05) is 5.73 Å². The van der Waals surface area contributed by atoms with Crippen LogP contribution in [-0.4, -0.2) is 10.9 Å². The molecule has 1 unspecified atom stereocenters. The maximum Gasteiger partial charge on any atom is 0.253 e. The molecule has 0 aliphatic rings. The first kappa shape index (κ1) is 12.0. The quantitative estimate of drug-likeness (QED) is 0.813. The van der Waals surface area contributed by atoms with Crippen LogP contribution in [0.2, 0.25) is 0 Å². The van der Waals surface area contributed by atoms with Crippen LogP contribution in [0, 0.1) is 0 Å². The number of hydrogen-bond donors (Lipinski definition) is 2. The highest BCUT2D eigenvalue weighted by molar-refractivity contribution is 5.94. The summed E-state index contributed by atoms with van der Waals surface area (Å²) in [4.78, 5) is 15.5. The van der Waals surface area contributed by atoms with Gasteiger partial charge in [0, 0.05) is 17.3 Å². The Bertz CT molecular complexity index is 545. The lowest BCUT2D eigenvalue weighted by Crippen LogP contribution is -2.26. The third-order valence-corrected chi connectivity index (χ3v) is 2.44. The predicted octanol–water partition coefficient (Wildman–Crippen LogP) is 2.06. The van der Waals surface area contributed by atoms with Crippen molar-refractivity contribution < 1.29 is 9.18 Å². The minimum Gasteiger partial charge on any atom is -0.383 e. The summed E-state index contributed by atoms with van der Waals surface area (Å²) in [5.74, 6) is -0.426. The number of nitrogens with zero attached hydrogens (tertiary/aromatic N) is 1. The summed E-state index contributed by atoms with van der Waals surface area (Å²) in [6.45, 7) is 0. The minimum atomic E-state index is -1.67. The molecule has 1 aromatic carbocycles. The number of hydrogen-bond acceptors (Lipinski definition) is 3. The fourth-order valence-electron chi connectivity index (χ4n) is 1.51. The molecule has 0 spiro atoms. The van der Waals surface area contributed by atoms with Crippen molar-refractivity contribution in [3.63, 3.8) is 0 Å². The summed E-state index contributed by atoms with van der Waals surface area (Å²) in [5, 5.41) is 2.23. The predicted molar refractivity (Wildman–Crippen MR) is 66.4 cm³/mol. The molecule has 0 bridgehead atoms. The molecule has 1 atom stereocenters. The number of anilines is 1. The third kappa shape index (κ3) is 2.63. The Hall–Kier alpha value is -2.43. The van der Waals surface area contributed by atoms with E-state index in [4.69, 9.17) is 5.73 Å². The van der Waals surface area contributed by atoms with E-state index in [1.165, 1.54) is 12.3 Å². The smallest absolute Gasteiger partial charge is 0.253 e. The summed E-state index contributed by atoms with van der Waals surface area (Å²) in [7, 11) is 0. The van der Waals surface area contributed by atoms with Crippen LogP contribution in [0.1, 0.15) is 22.2 Å². The molecule has 0 radical (unpaired) electrons. The van der Waals surface area contributed by atoms with Gasteiger partial charge >= 0.3 is 0 Å². The Kier molecular flexibility index (Phi) is 3.52. The van der Waals surface area contributed by atoms with E-state index < -0.39 is 12.2 Å². The summed E-state index contributed by atoms with van der Waals surface area (Å²) in [6.07, 6.45) is -0.212. The van der Waals surface area contributed by atoms with Crippen molar-refractivity contribution in [3.05, 3.63) is 59.8 Å². The van der Waals surface area contributed by atoms with E-state index in [2.05, 4.69) is 10.3 Å². The van der Waals surface area contributed by atoms with E-state index in [9.17, 15) is 9.18 Å². The molecule has 1 aromatic heterocycles. The van der Waals surface area contributed by atoms with Gasteiger partial charge in [-0.3, -0.25) is 4.79 Å². The van der Waals surface area contributed by atoms with Gasteiger partial charge in [-0.15, -0.1) is 0 Å². The molecule has 5 heteroatoms. The van der Waals surface area contributed by atoms with E-state index in [0.717, 1.165) is 0 Å². The van der Waals surface area contributed by atoms with E-state index in [1.54, 1.807) is 36.4 Å². The number of carbonyl (C=O) groups excluding carboxylic acids is 1. The number of nitrogens with one attached hydrogen (secondary N) is 1. The zero-order valence-electron chi connectivity index (χ0n) is 9.51. The second-order valence-corrected chi connectivity index (χ2v) is 3.68. The van der Waals surface area contributed by atoms with Gasteiger partial charge in [-0.2, -0.15) is 0 Å². The lowest BCUT2D eigenvalue weighted by atomic mass is 10.2. The van der Waals surface area contributed by atoms with Crippen LogP contribution < -0.4 is 11.1 Å². The van der Waals surface area contributed by atoms with Crippen molar-refractivity contribution in [1.29, 1.82) is 0 Å². The Morgan fingerprint density at radius 3 is 2.61 bits per heavy atom. The summed E-state index contributed by atoms with van der Waals surface area (Å²) < 4.78 is 13.9. The van der Waals surface area contributed by atoms with Gasteiger partial charge in [0.25, 0.3) is 5.91 Å². The van der Waals surface area contributed by atoms with Crippen LogP contribution in [-0.2, 0) is 0 Å². The van der Waals surface area contributed by atoms with Gasteiger partial charge in [-0.25, -0.2) is 9.37 Å². The van der Waals surface area contributed by atoms with Crippen molar-refractivity contribution in [2.45, 2.75) is 6.30 Å². The van der Waals surface area contributed by atoms with Crippen molar-refractivity contribution in [2.24, 2.45) is 0 Å². The molecule has 0 aliphatic carbocycles. The van der Waals surface area contributed by atoms with Gasteiger partial charge in [0.05, 0.1) is 0 Å². The molecule has 0 aliphatic heterocycles. The normalized spacial score (nSPS) is 11.8. The SMILES string of the molecule is Nc1ncccc1C(F)NC(=O)c1ccccc1. The van der Waals surface area contributed by atoms with Crippen molar-refractivity contribution >= 4 is 11.7 Å². The summed E-state index contributed by atoms with van der Waals surface area (Å²) >= 11 is 0. The Morgan fingerprint density at radius 1 is 1.22 bits per heavy atom. The van der Waals surface area contributed by atoms with Crippen molar-refractivity contribution in [1.82, 2.24) is 10.3 Å². The lowest BCUT2D eigenvalue weighted by Gasteiger charge is -2.12. The van der Waals surface area contributed by atoms with Crippen LogP contribution in [0.4, 0.5) is 10.2 Å². The lowest BCUT2D eigenvalue weighted by molar-refractivity contribution is 0.0894. The number of rotatable bonds is 3. The average molecular weight is 245 g/mol. The van der Waals surface area contributed by atoms with E-state index >= 15 is 0 Å². The highest BCUT2D eigenvalue weighted by Crippen LogP contribution is 2.19. The van der Waals surface area contributed by atoms with Crippen LogP contribution in [0.15, 0.2) is 48.7 Å². The standard InChI is InChI=1S/C13H12FN3O/c14-11(10-7-4-8-16-12(10)15)17-13(18)9-5-2-1-3-6-9/h1-8,11H,(H2,15,16)(H,17,18). The van der Waals surface area contributed by atoms with Crippen LogP contribution >= 0.6 is 0 Å². The second-order valence-electron chi connectivity index (χ2n) is 3.68. The Balaban J connectivity index is 2.11. The molecular weight excluding hydrogens is 233 g/mol. The molecular formula is C13H12FN3O. The van der Waals surface area contributed by atoms with E-state index in [1.807, 2.05) is 0 Å². The molecule has 4 nitrogen and oxygen atoms in total. The Morgan fingerprint density at radius 2 is 1.94 bits per heavy atom. The number of pyridine rings is 1. The van der Waals surface area contributed by atoms with Crippen LogP contribution in [0.3, 0.4) is 0 Å². The summed E-state index contributed by atoms with van der Waals surface area (Å²) in [6, 6.07) is 11.5. The van der Waals surface area contributed by atoms with E-state index in [0.29, 0.717) is 5.56 Å². The zero-order valence-corrected chi connectivity index (χ0v) is 9.51. The van der Waals surface area contributed by atoms with Gasteiger partial charge in [0.2, 0.25) is 6.30 Å². The van der Waals surface area contributed by atoms with Gasteiger partial charge in [0.1, 0.15) is 5.82 Å². The minimum absolute atomic E-state index is 0.0679. The van der Waals surface area contributed by atoms with Gasteiger partial charge < -0.3 is 11.1 Å². The maximum absolute atomic E-state index is 13.9. The molecule has 0 saturated heterocycles. The number of halogens is 1. The van der Waals surface area contributed by atoms with Crippen LogP contribution in [0.5, 0.6) is 0 Å². The molecule has 1 heterocycles. The molecule has 3 N–H and O–H groups in total. The molecule has 0 saturated carbocycles. The average Bonchev–Trinajstić information content (AvgIpc) is 2.40. The van der Waals surface area contributed by atoms with E-state index in [-0.39, 0.29) is 11.4 Å². The molecule has 2 aromatic rings. The first-order valence-electron chi connectivity index (χ1n) is 5.39. The Labute approximate surface area is 104 Å². The highest BCUT2D eigenvalue weighted by atomic mass is 19.1. The highest BCUT2D eigenvalue weighted by Gasteiger charge is 2.16. The number of alkyl halides is 1. The summed E-state index contributed by atoms with van der Waals surface area (Å²) in [5.41, 5.74) is 6.08. The van der Waals surface area contributed by atoms with Gasteiger partial charge in [-0.1, -0.05) is 18.2 Å². The van der Waals surface area contributed by atoms with Gasteiger partial charge in [-0.05, 0) is 24.3 Å². The number of aromatic nitrogens is 1.